The lowest BCUT2D eigenvalue weighted by atomic mass is 10.1. The van der Waals surface area contributed by atoms with E-state index >= 15 is 0 Å². The van der Waals surface area contributed by atoms with Gasteiger partial charge in [0.05, 0.1) is 17.5 Å². The number of aryl methyl sites for hydroxylation is 1. The molecule has 0 saturated heterocycles. The molecule has 1 atom stereocenters. The minimum atomic E-state index is -0.440. The van der Waals surface area contributed by atoms with Crippen LogP contribution in [0.1, 0.15) is 51.3 Å². The lowest BCUT2D eigenvalue weighted by molar-refractivity contribution is -0.148. The van der Waals surface area contributed by atoms with Gasteiger partial charge < -0.3 is 4.74 Å². The highest BCUT2D eigenvalue weighted by Gasteiger charge is 2.35. The van der Waals surface area contributed by atoms with E-state index in [1.54, 1.807) is 31.2 Å². The number of benzene rings is 2. The van der Waals surface area contributed by atoms with Crippen molar-refractivity contribution in [2.45, 2.75) is 26.4 Å². The van der Waals surface area contributed by atoms with Crippen LogP contribution in [0, 0.1) is 6.92 Å². The van der Waals surface area contributed by atoms with Gasteiger partial charge in [0.25, 0.3) is 11.8 Å². The first-order valence-corrected chi connectivity index (χ1v) is 8.18. The highest BCUT2D eigenvalue weighted by molar-refractivity contribution is 6.21. The predicted molar refractivity (Wildman–Crippen MR) is 92.1 cm³/mol. The fourth-order valence-corrected chi connectivity index (χ4v) is 2.81. The average molecular weight is 337 g/mol. The van der Waals surface area contributed by atoms with Gasteiger partial charge in [0, 0.05) is 6.54 Å². The van der Waals surface area contributed by atoms with Gasteiger partial charge in [-0.05, 0) is 31.5 Å². The first-order valence-electron chi connectivity index (χ1n) is 8.18. The summed E-state index contributed by atoms with van der Waals surface area (Å²) in [5, 5.41) is 0. The molecule has 0 spiro atoms. The number of hydrogen-bond acceptors (Lipinski definition) is 4. The third-order valence-electron chi connectivity index (χ3n) is 4.27. The number of carbonyl (C=O) groups excluding carboxylic acids is 3. The van der Waals surface area contributed by atoms with Crippen molar-refractivity contribution in [2.75, 3.05) is 6.54 Å². The lowest BCUT2D eigenvalue weighted by Crippen LogP contribution is -2.32. The van der Waals surface area contributed by atoms with Crippen LogP contribution < -0.4 is 0 Å². The average Bonchev–Trinajstić information content (AvgIpc) is 2.85. The molecular formula is C20H19NO4. The zero-order valence-corrected chi connectivity index (χ0v) is 14.2. The van der Waals surface area contributed by atoms with Gasteiger partial charge in [-0.2, -0.15) is 0 Å². The maximum atomic E-state index is 12.2. The Bertz CT molecular complexity index is 791. The number of amides is 2. The van der Waals surface area contributed by atoms with Crippen molar-refractivity contribution in [1.82, 2.24) is 4.90 Å². The molecule has 2 aromatic rings. The number of nitrogens with zero attached hydrogens (tertiary/aromatic N) is 1. The molecule has 2 amide bonds. The Morgan fingerprint density at radius 2 is 1.56 bits per heavy atom. The Balaban J connectivity index is 1.57. The second kappa shape index (κ2) is 6.89. The van der Waals surface area contributed by atoms with Crippen molar-refractivity contribution < 1.29 is 19.1 Å². The summed E-state index contributed by atoms with van der Waals surface area (Å²) in [5.41, 5.74) is 2.80. The molecule has 25 heavy (non-hydrogen) atoms. The largest absolute Gasteiger partial charge is 0.458 e. The maximum absolute atomic E-state index is 12.2. The lowest BCUT2D eigenvalue weighted by Gasteiger charge is -2.16. The molecule has 1 heterocycles. The standard InChI is InChI=1S/C20H19NO4/c1-13-7-9-15(10-8-13)14(2)25-18(22)11-12-21-19(23)16-5-3-4-6-17(16)20(21)24/h3-10,14H,11-12H2,1-2H3/t14-/m1/s1. The summed E-state index contributed by atoms with van der Waals surface area (Å²) in [4.78, 5) is 37.7. The number of hydrogen-bond donors (Lipinski definition) is 0. The fourth-order valence-electron chi connectivity index (χ4n) is 2.81. The zero-order chi connectivity index (χ0) is 18.0. The van der Waals surface area contributed by atoms with E-state index in [0.717, 1.165) is 16.0 Å². The molecule has 0 bridgehead atoms. The molecule has 5 heteroatoms. The van der Waals surface area contributed by atoms with Crippen LogP contribution in [0.15, 0.2) is 48.5 Å². The minimum absolute atomic E-state index is 0.0196. The minimum Gasteiger partial charge on any atom is -0.458 e. The van der Waals surface area contributed by atoms with Crippen LogP contribution in [0.25, 0.3) is 0 Å². The number of ether oxygens (including phenoxy) is 1. The molecule has 0 radical (unpaired) electrons. The monoisotopic (exact) mass is 337 g/mol. The molecule has 1 aliphatic heterocycles. The van der Waals surface area contributed by atoms with Gasteiger partial charge in [0.2, 0.25) is 0 Å². The highest BCUT2D eigenvalue weighted by Crippen LogP contribution is 2.23. The van der Waals surface area contributed by atoms with Crippen LogP contribution in [-0.4, -0.2) is 29.2 Å². The second-order valence-electron chi connectivity index (χ2n) is 6.10. The molecule has 5 nitrogen and oxygen atoms in total. The van der Waals surface area contributed by atoms with Crippen LogP contribution in [0.2, 0.25) is 0 Å². The Hall–Kier alpha value is -2.95. The van der Waals surface area contributed by atoms with Gasteiger partial charge in [0.1, 0.15) is 6.10 Å². The topological polar surface area (TPSA) is 63.7 Å². The van der Waals surface area contributed by atoms with Gasteiger partial charge in [-0.15, -0.1) is 0 Å². The van der Waals surface area contributed by atoms with Crippen LogP contribution in [0.4, 0.5) is 0 Å². The predicted octanol–water partition coefficient (Wildman–Crippen LogP) is 3.29. The summed E-state index contributed by atoms with van der Waals surface area (Å²) in [6, 6.07) is 14.4. The van der Waals surface area contributed by atoms with Crippen molar-refractivity contribution in [3.8, 4) is 0 Å². The molecule has 0 saturated carbocycles. The van der Waals surface area contributed by atoms with Crippen molar-refractivity contribution in [2.24, 2.45) is 0 Å². The molecule has 0 fully saturated rings. The van der Waals surface area contributed by atoms with Crippen molar-refractivity contribution >= 4 is 17.8 Å². The molecule has 0 N–H and O–H groups in total. The van der Waals surface area contributed by atoms with E-state index in [-0.39, 0.29) is 30.9 Å². The summed E-state index contributed by atoms with van der Waals surface area (Å²) in [7, 11) is 0. The molecule has 3 rings (SSSR count). The summed E-state index contributed by atoms with van der Waals surface area (Å²) in [6.45, 7) is 3.80. The van der Waals surface area contributed by atoms with Gasteiger partial charge in [-0.3, -0.25) is 19.3 Å². The SMILES string of the molecule is Cc1ccc([C@@H](C)OC(=O)CCN2C(=O)c3ccccc3C2=O)cc1. The van der Waals surface area contributed by atoms with Crippen molar-refractivity contribution in [3.63, 3.8) is 0 Å². The van der Waals surface area contributed by atoms with E-state index in [4.69, 9.17) is 4.74 Å². The van der Waals surface area contributed by atoms with E-state index in [9.17, 15) is 14.4 Å². The third-order valence-corrected chi connectivity index (χ3v) is 4.27. The smallest absolute Gasteiger partial charge is 0.308 e. The number of carbonyl (C=O) groups is 3. The third kappa shape index (κ3) is 3.45. The highest BCUT2D eigenvalue weighted by atomic mass is 16.5. The van der Waals surface area contributed by atoms with Gasteiger partial charge in [-0.1, -0.05) is 42.0 Å². The van der Waals surface area contributed by atoms with E-state index in [1.165, 1.54) is 0 Å². The number of rotatable bonds is 5. The number of imide groups is 1. The summed E-state index contributed by atoms with van der Waals surface area (Å²) >= 11 is 0. The van der Waals surface area contributed by atoms with E-state index < -0.39 is 5.97 Å². The van der Waals surface area contributed by atoms with E-state index in [1.807, 2.05) is 31.2 Å². The Morgan fingerprint density at radius 3 is 2.12 bits per heavy atom. The van der Waals surface area contributed by atoms with Crippen LogP contribution >= 0.6 is 0 Å². The van der Waals surface area contributed by atoms with E-state index in [0.29, 0.717) is 11.1 Å². The van der Waals surface area contributed by atoms with Crippen LogP contribution in [-0.2, 0) is 9.53 Å². The van der Waals surface area contributed by atoms with Crippen LogP contribution in [0.5, 0.6) is 0 Å². The first-order chi connectivity index (χ1) is 12.0. The van der Waals surface area contributed by atoms with E-state index in [2.05, 4.69) is 0 Å². The molecule has 0 aromatic heterocycles. The summed E-state index contributed by atoms with van der Waals surface area (Å²) < 4.78 is 5.40. The van der Waals surface area contributed by atoms with Crippen LogP contribution in [0.3, 0.4) is 0 Å². The number of fused-ring (bicyclic) bond motifs is 1. The molecule has 128 valence electrons. The zero-order valence-electron chi connectivity index (χ0n) is 14.2. The van der Waals surface area contributed by atoms with Gasteiger partial charge in [0.15, 0.2) is 0 Å². The maximum Gasteiger partial charge on any atom is 0.308 e. The summed E-state index contributed by atoms with van der Waals surface area (Å²) in [5.74, 6) is -1.16. The van der Waals surface area contributed by atoms with Gasteiger partial charge >= 0.3 is 5.97 Å². The molecule has 0 aliphatic carbocycles. The van der Waals surface area contributed by atoms with Crippen molar-refractivity contribution in [1.29, 1.82) is 0 Å². The normalized spacial score (nSPS) is 14.4. The fraction of sp³-hybridized carbons (Fsp3) is 0.250. The molecule has 2 aromatic carbocycles. The molecule has 1 aliphatic rings. The Kier molecular flexibility index (Phi) is 4.65. The second-order valence-corrected chi connectivity index (χ2v) is 6.10. The summed E-state index contributed by atoms with van der Waals surface area (Å²) in [6.07, 6.45) is -0.405. The Morgan fingerprint density at radius 1 is 1.00 bits per heavy atom. The Labute approximate surface area is 146 Å². The first kappa shape index (κ1) is 16.9. The van der Waals surface area contributed by atoms with Crippen molar-refractivity contribution in [3.05, 3.63) is 70.8 Å². The quantitative estimate of drug-likeness (QED) is 0.620. The van der Waals surface area contributed by atoms with Gasteiger partial charge in [-0.25, -0.2) is 0 Å². The molecule has 0 unspecified atom stereocenters. The number of esters is 1. The molecular weight excluding hydrogens is 318 g/mol.